The monoisotopic (exact) mass is 1460 g/mol. The molecule has 0 aliphatic rings. The Morgan fingerprint density at radius 1 is 0.294 bits per heavy atom. The number of esters is 4. The molecule has 570 valence electrons. The third-order valence-electron chi connectivity index (χ3n) is 14.0. The van der Waals surface area contributed by atoms with E-state index in [0.717, 1.165) is 135 Å². The van der Waals surface area contributed by atoms with E-state index in [9.17, 15) is 43.2 Å². The van der Waals surface area contributed by atoms with Crippen LogP contribution in [0.1, 0.15) is 220 Å². The lowest BCUT2D eigenvalue weighted by Gasteiger charge is -2.21. The molecular formula is C83H126O17P2. The average molecular weight is 1460 g/mol. The van der Waals surface area contributed by atoms with E-state index in [0.29, 0.717) is 32.1 Å². The van der Waals surface area contributed by atoms with Crippen molar-refractivity contribution >= 4 is 39.5 Å². The number of aliphatic hydroxyl groups is 1. The number of ether oxygens (including phenoxy) is 4. The van der Waals surface area contributed by atoms with E-state index in [2.05, 4.69) is 180 Å². The zero-order chi connectivity index (χ0) is 74.6. The largest absolute Gasteiger partial charge is 0.472 e. The Morgan fingerprint density at radius 3 is 0.951 bits per heavy atom. The van der Waals surface area contributed by atoms with Crippen LogP contribution in [-0.4, -0.2) is 96.7 Å². The first-order valence-electron chi connectivity index (χ1n) is 37.0. The Kier molecular flexibility index (Phi) is 68.0. The SMILES string of the molecule is CC/C=C\C/C=C\C/C=C\C/C=C\C/C=C\C/C=C\CCC(=O)OCC(COP(=O)(O)OCC(O)COP(=O)(O)OCC(COC(=O)C/C=C\C/C=C\C/C=C\C/C=C\C/C=C\CC)OC(=O)C/C=C\C/C=C\C/C=C\C/C=C\C/C=C\CC)OC(=O)CCCCCCC/C=C\C/C=C\CCC. The molecule has 0 aliphatic heterocycles. The number of rotatable bonds is 66. The van der Waals surface area contributed by atoms with Crippen molar-refractivity contribution < 1.29 is 80.2 Å². The predicted molar refractivity (Wildman–Crippen MR) is 417 cm³/mol. The number of hydrogen-bond donors (Lipinski definition) is 3. The molecule has 0 aromatic heterocycles. The van der Waals surface area contributed by atoms with E-state index in [1.54, 1.807) is 24.3 Å². The molecule has 0 saturated carbocycles. The fraction of sp³-hybridized carbons (Fsp3) is 0.518. The molecule has 0 aromatic carbocycles. The molecule has 0 rings (SSSR count). The van der Waals surface area contributed by atoms with Gasteiger partial charge in [-0.3, -0.25) is 37.3 Å². The van der Waals surface area contributed by atoms with Crippen molar-refractivity contribution in [2.75, 3.05) is 39.6 Å². The summed E-state index contributed by atoms with van der Waals surface area (Å²) in [6, 6.07) is 0. The van der Waals surface area contributed by atoms with Crippen LogP contribution in [0.4, 0.5) is 0 Å². The molecule has 0 radical (unpaired) electrons. The Bertz CT molecular complexity index is 2800. The van der Waals surface area contributed by atoms with E-state index in [4.69, 9.17) is 37.0 Å². The molecule has 0 spiro atoms. The summed E-state index contributed by atoms with van der Waals surface area (Å²) in [6.45, 7) is 4.05. The summed E-state index contributed by atoms with van der Waals surface area (Å²) < 4.78 is 68.0. The van der Waals surface area contributed by atoms with Crippen LogP contribution in [0.2, 0.25) is 0 Å². The summed E-state index contributed by atoms with van der Waals surface area (Å²) in [5, 5.41) is 10.6. The minimum absolute atomic E-state index is 0.0196. The number of allylic oxidation sites excluding steroid dienone is 34. The fourth-order valence-electron chi connectivity index (χ4n) is 8.49. The summed E-state index contributed by atoms with van der Waals surface area (Å²) in [5.74, 6) is -2.62. The molecule has 0 aliphatic carbocycles. The van der Waals surface area contributed by atoms with Crippen LogP contribution in [0.3, 0.4) is 0 Å². The zero-order valence-electron chi connectivity index (χ0n) is 61.9. The van der Waals surface area contributed by atoms with Gasteiger partial charge in [-0.1, -0.05) is 272 Å². The first-order valence-corrected chi connectivity index (χ1v) is 40.0. The first-order chi connectivity index (χ1) is 49.7. The second-order valence-corrected chi connectivity index (χ2v) is 26.3. The van der Waals surface area contributed by atoms with Gasteiger partial charge in [0.25, 0.3) is 0 Å². The van der Waals surface area contributed by atoms with Crippen LogP contribution in [0, 0.1) is 0 Å². The molecule has 5 unspecified atom stereocenters. The van der Waals surface area contributed by atoms with Crippen molar-refractivity contribution in [3.05, 3.63) is 219 Å². The van der Waals surface area contributed by atoms with Crippen LogP contribution < -0.4 is 0 Å². The van der Waals surface area contributed by atoms with E-state index < -0.39 is 97.5 Å². The Hall–Kier alpha value is -6.62. The Morgan fingerprint density at radius 2 is 0.578 bits per heavy atom. The van der Waals surface area contributed by atoms with Gasteiger partial charge in [-0.25, -0.2) is 9.13 Å². The van der Waals surface area contributed by atoms with Gasteiger partial charge in [0.15, 0.2) is 12.2 Å². The zero-order valence-corrected chi connectivity index (χ0v) is 63.7. The number of phosphoric ester groups is 2. The quantitative estimate of drug-likeness (QED) is 0.0169. The topological polar surface area (TPSA) is 237 Å². The summed E-state index contributed by atoms with van der Waals surface area (Å²) in [6.07, 6.45) is 91.6. The van der Waals surface area contributed by atoms with Crippen molar-refractivity contribution in [2.45, 2.75) is 239 Å². The van der Waals surface area contributed by atoms with E-state index in [-0.39, 0.29) is 25.7 Å². The molecule has 5 atom stereocenters. The van der Waals surface area contributed by atoms with Gasteiger partial charge in [0.2, 0.25) is 0 Å². The maximum absolute atomic E-state index is 13.1. The highest BCUT2D eigenvalue weighted by molar-refractivity contribution is 7.47. The average Bonchev–Trinajstić information content (AvgIpc) is 0.908. The van der Waals surface area contributed by atoms with Gasteiger partial charge >= 0.3 is 39.5 Å². The van der Waals surface area contributed by atoms with Gasteiger partial charge < -0.3 is 33.8 Å². The molecule has 0 amide bonds. The number of hydrogen-bond acceptors (Lipinski definition) is 15. The van der Waals surface area contributed by atoms with Crippen LogP contribution in [0.5, 0.6) is 0 Å². The number of carbonyl (C=O) groups excluding carboxylic acids is 4. The van der Waals surface area contributed by atoms with Crippen molar-refractivity contribution in [1.29, 1.82) is 0 Å². The molecule has 0 fully saturated rings. The van der Waals surface area contributed by atoms with Gasteiger partial charge in [-0.15, -0.1) is 0 Å². The lowest BCUT2D eigenvalue weighted by molar-refractivity contribution is -0.161. The molecule has 3 N–H and O–H groups in total. The van der Waals surface area contributed by atoms with Gasteiger partial charge in [-0.2, -0.15) is 0 Å². The van der Waals surface area contributed by atoms with Crippen molar-refractivity contribution in [3.8, 4) is 0 Å². The Balaban J connectivity index is 5.58. The molecule has 0 bridgehead atoms. The summed E-state index contributed by atoms with van der Waals surface area (Å²) >= 11 is 0. The number of carbonyl (C=O) groups is 4. The highest BCUT2D eigenvalue weighted by atomic mass is 31.2. The number of unbranched alkanes of at least 4 members (excludes halogenated alkanes) is 6. The van der Waals surface area contributed by atoms with Gasteiger partial charge in [0.1, 0.15) is 19.3 Å². The normalized spacial score (nSPS) is 15.2. The summed E-state index contributed by atoms with van der Waals surface area (Å²) in [7, 11) is -10.1. The lowest BCUT2D eigenvalue weighted by Crippen LogP contribution is -2.30. The molecule has 0 aromatic rings. The number of aliphatic hydroxyl groups excluding tert-OH is 1. The van der Waals surface area contributed by atoms with Crippen LogP contribution in [0.25, 0.3) is 0 Å². The minimum Gasteiger partial charge on any atom is -0.462 e. The van der Waals surface area contributed by atoms with Crippen molar-refractivity contribution in [1.82, 2.24) is 0 Å². The molecule has 0 saturated heterocycles. The molecule has 102 heavy (non-hydrogen) atoms. The maximum Gasteiger partial charge on any atom is 0.472 e. The lowest BCUT2D eigenvalue weighted by atomic mass is 10.1. The molecule has 19 heteroatoms. The highest BCUT2D eigenvalue weighted by Crippen LogP contribution is 2.45. The van der Waals surface area contributed by atoms with Crippen molar-refractivity contribution in [2.24, 2.45) is 0 Å². The second kappa shape index (κ2) is 72.7. The van der Waals surface area contributed by atoms with Gasteiger partial charge in [-0.05, 0) is 141 Å². The smallest absolute Gasteiger partial charge is 0.462 e. The van der Waals surface area contributed by atoms with Crippen LogP contribution in [-0.2, 0) is 65.4 Å². The molecular weight excluding hydrogens is 1330 g/mol. The highest BCUT2D eigenvalue weighted by Gasteiger charge is 2.30. The Labute approximate surface area is 613 Å². The van der Waals surface area contributed by atoms with E-state index >= 15 is 0 Å². The minimum atomic E-state index is -5.04. The second-order valence-electron chi connectivity index (χ2n) is 23.4. The van der Waals surface area contributed by atoms with Crippen molar-refractivity contribution in [3.63, 3.8) is 0 Å². The van der Waals surface area contributed by atoms with Gasteiger partial charge in [0, 0.05) is 12.8 Å². The van der Waals surface area contributed by atoms with Gasteiger partial charge in [0.05, 0.1) is 39.3 Å². The molecule has 17 nitrogen and oxygen atoms in total. The molecule has 0 heterocycles. The summed E-state index contributed by atoms with van der Waals surface area (Å²) in [4.78, 5) is 72.6. The fourth-order valence-corrected chi connectivity index (χ4v) is 10.1. The maximum atomic E-state index is 13.1. The van der Waals surface area contributed by atoms with Crippen LogP contribution >= 0.6 is 15.6 Å². The third kappa shape index (κ3) is 71.8. The number of phosphoric acid groups is 2. The van der Waals surface area contributed by atoms with Crippen LogP contribution in [0.15, 0.2) is 219 Å². The first kappa shape index (κ1) is 95.4. The third-order valence-corrected chi connectivity index (χ3v) is 15.9. The standard InChI is InChI=1S/C83H126O17P2/c1-5-9-13-17-21-25-29-33-36-37-38-39-42-45-48-52-56-60-64-68-81(86)94-73-78(99-82(87)69-65-61-57-53-49-43-32-28-24-20-16-12-8-4)75-97-101(89,90)95-71-77(84)72-96-102(91,92)98-76-79(100-83(88)70-66-62-58-54-50-46-41-35-31-27-23-19-15-11-7-3)74-93-80(85)67-63-59-55-51-47-44-40-34-30-26-22-18-14-10-6-2/h9-11,13-16,20-23,25-28,32-36,38-41,45,47-48,50-51,54,56,59-60,62-63,66,77-79,84H,5-8,12,17-19,24,29-31,37,42-44,46,49,52-53,55,57-58,61,64-65,67-76H2,1-4H3,(H,89,90)(H,91,92)/b13-9-,14-10-,15-11-,20-16-,25-21-,26-22-,27-23-,32-28-,36-33-,39-38-,40-34-,41-35-,48-45-,51-47-,54-50-,60-56-,63-59-,66-62-. The predicted octanol–water partition coefficient (Wildman–Crippen LogP) is 21.3. The van der Waals surface area contributed by atoms with E-state index in [1.165, 1.54) is 0 Å². The van der Waals surface area contributed by atoms with E-state index in [1.807, 2.05) is 42.5 Å². The summed E-state index contributed by atoms with van der Waals surface area (Å²) in [5.41, 5.74) is 0.